The summed E-state index contributed by atoms with van der Waals surface area (Å²) < 4.78 is 5.62. The molecule has 0 radical (unpaired) electrons. The molecule has 25 heavy (non-hydrogen) atoms. The number of carbonyl (C=O) groups excluding carboxylic acids is 1. The lowest BCUT2D eigenvalue weighted by Gasteiger charge is -2.16. The number of hydrogen-bond donors (Lipinski definition) is 1. The van der Waals surface area contributed by atoms with Crippen LogP contribution in [0.15, 0.2) is 45.9 Å². The van der Waals surface area contributed by atoms with E-state index in [0.717, 1.165) is 19.0 Å². The summed E-state index contributed by atoms with van der Waals surface area (Å²) in [6.07, 6.45) is 1.51. The van der Waals surface area contributed by atoms with Gasteiger partial charge in [-0.3, -0.25) is 14.9 Å². The van der Waals surface area contributed by atoms with E-state index in [0.29, 0.717) is 11.3 Å². The Morgan fingerprint density at radius 1 is 1.24 bits per heavy atom. The lowest BCUT2D eigenvalue weighted by molar-refractivity contribution is -0.384. The third-order valence-corrected chi connectivity index (χ3v) is 3.58. The molecular formula is C17H20N4O4. The zero-order chi connectivity index (χ0) is 18.2. The standard InChI is InChI=1S/C17H20N4O4/c1-3-20(4-2)17-10-9-15(25-17)12-18-19-16(22)11-13-5-7-14(8-6-13)21(23)24/h5-10,12H,3-4,11H2,1-2H3,(H,19,22)/b18-12+. The van der Waals surface area contributed by atoms with E-state index in [1.54, 1.807) is 18.2 Å². The van der Waals surface area contributed by atoms with Crippen molar-refractivity contribution in [2.24, 2.45) is 5.10 Å². The molecule has 0 saturated heterocycles. The number of nitro benzene ring substituents is 1. The minimum absolute atomic E-state index is 0.0102. The molecule has 0 bridgehead atoms. The Labute approximate surface area is 145 Å². The van der Waals surface area contributed by atoms with E-state index in [-0.39, 0.29) is 18.0 Å². The molecule has 1 aromatic heterocycles. The van der Waals surface area contributed by atoms with Crippen molar-refractivity contribution in [2.75, 3.05) is 18.0 Å². The first kappa shape index (κ1) is 18.2. The molecule has 0 fully saturated rings. The van der Waals surface area contributed by atoms with Crippen molar-refractivity contribution < 1.29 is 14.1 Å². The molecule has 1 N–H and O–H groups in total. The number of rotatable bonds is 8. The van der Waals surface area contributed by atoms with E-state index < -0.39 is 4.92 Å². The van der Waals surface area contributed by atoms with Gasteiger partial charge in [-0.1, -0.05) is 12.1 Å². The van der Waals surface area contributed by atoms with Crippen LogP contribution in [0.1, 0.15) is 25.2 Å². The van der Waals surface area contributed by atoms with Gasteiger partial charge in [-0.15, -0.1) is 0 Å². The maximum absolute atomic E-state index is 11.8. The molecule has 2 aromatic rings. The van der Waals surface area contributed by atoms with E-state index in [9.17, 15) is 14.9 Å². The second-order valence-corrected chi connectivity index (χ2v) is 5.24. The highest BCUT2D eigenvalue weighted by molar-refractivity contribution is 5.82. The van der Waals surface area contributed by atoms with Crippen LogP contribution < -0.4 is 10.3 Å². The van der Waals surface area contributed by atoms with Gasteiger partial charge in [0.25, 0.3) is 5.69 Å². The summed E-state index contributed by atoms with van der Waals surface area (Å²) >= 11 is 0. The Kier molecular flexibility index (Phi) is 6.27. The van der Waals surface area contributed by atoms with Gasteiger partial charge >= 0.3 is 0 Å². The second-order valence-electron chi connectivity index (χ2n) is 5.24. The highest BCUT2D eigenvalue weighted by Crippen LogP contribution is 2.17. The summed E-state index contributed by atoms with van der Waals surface area (Å²) in [5.74, 6) is 0.974. The Bertz CT molecular complexity index is 748. The fraction of sp³-hybridized carbons (Fsp3) is 0.294. The van der Waals surface area contributed by atoms with Gasteiger partial charge in [0, 0.05) is 31.3 Å². The molecular weight excluding hydrogens is 324 g/mol. The summed E-state index contributed by atoms with van der Waals surface area (Å²) in [5.41, 5.74) is 3.06. The summed E-state index contributed by atoms with van der Waals surface area (Å²) in [5, 5.41) is 14.5. The van der Waals surface area contributed by atoms with Crippen LogP contribution in [0.3, 0.4) is 0 Å². The summed E-state index contributed by atoms with van der Waals surface area (Å²) in [6.45, 7) is 5.76. The number of nitro groups is 1. The number of carbonyl (C=O) groups is 1. The Morgan fingerprint density at radius 3 is 2.52 bits per heavy atom. The van der Waals surface area contributed by atoms with Crippen LogP contribution in [-0.4, -0.2) is 30.1 Å². The second kappa shape index (κ2) is 8.62. The molecule has 2 rings (SSSR count). The van der Waals surface area contributed by atoms with Gasteiger partial charge in [0.15, 0.2) is 5.88 Å². The summed E-state index contributed by atoms with van der Waals surface area (Å²) in [6, 6.07) is 9.45. The zero-order valence-electron chi connectivity index (χ0n) is 14.1. The number of nitrogens with one attached hydrogen (secondary N) is 1. The van der Waals surface area contributed by atoms with Crippen molar-refractivity contribution in [3.05, 3.63) is 57.8 Å². The van der Waals surface area contributed by atoms with Gasteiger partial charge in [-0.05, 0) is 25.5 Å². The first-order chi connectivity index (χ1) is 12.0. The average Bonchev–Trinajstić information content (AvgIpc) is 3.05. The van der Waals surface area contributed by atoms with Crippen LogP contribution >= 0.6 is 0 Å². The molecule has 1 aromatic carbocycles. The number of nitrogens with zero attached hydrogens (tertiary/aromatic N) is 3. The van der Waals surface area contributed by atoms with E-state index in [4.69, 9.17) is 4.42 Å². The predicted molar refractivity (Wildman–Crippen MR) is 94.8 cm³/mol. The predicted octanol–water partition coefficient (Wildman–Crippen LogP) is 2.73. The summed E-state index contributed by atoms with van der Waals surface area (Å²) in [4.78, 5) is 24.0. The molecule has 0 unspecified atom stereocenters. The maximum atomic E-state index is 11.8. The maximum Gasteiger partial charge on any atom is 0.269 e. The molecule has 132 valence electrons. The van der Waals surface area contributed by atoms with Crippen molar-refractivity contribution in [3.63, 3.8) is 0 Å². The summed E-state index contributed by atoms with van der Waals surface area (Å²) in [7, 11) is 0. The van der Waals surface area contributed by atoms with Gasteiger partial charge in [0.05, 0.1) is 17.6 Å². The number of amides is 1. The van der Waals surface area contributed by atoms with Gasteiger partial charge < -0.3 is 9.32 Å². The van der Waals surface area contributed by atoms with Gasteiger partial charge in [0.1, 0.15) is 5.76 Å². The van der Waals surface area contributed by atoms with Gasteiger partial charge in [0.2, 0.25) is 5.91 Å². The quantitative estimate of drug-likeness (QED) is 0.451. The van der Waals surface area contributed by atoms with Crippen molar-refractivity contribution in [1.29, 1.82) is 0 Å². The van der Waals surface area contributed by atoms with Crippen LogP contribution in [0, 0.1) is 10.1 Å². The zero-order valence-corrected chi connectivity index (χ0v) is 14.1. The van der Waals surface area contributed by atoms with Crippen LogP contribution in [0.2, 0.25) is 0 Å². The number of furan rings is 1. The molecule has 0 aliphatic rings. The number of non-ortho nitro benzene ring substituents is 1. The first-order valence-electron chi connectivity index (χ1n) is 7.93. The molecule has 0 atom stereocenters. The normalized spacial score (nSPS) is 10.8. The fourth-order valence-electron chi connectivity index (χ4n) is 2.25. The molecule has 0 aliphatic heterocycles. The van der Waals surface area contributed by atoms with E-state index in [1.807, 2.05) is 19.9 Å². The largest absolute Gasteiger partial charge is 0.440 e. The van der Waals surface area contributed by atoms with Crippen LogP contribution in [0.4, 0.5) is 11.6 Å². The van der Waals surface area contributed by atoms with Crippen molar-refractivity contribution >= 4 is 23.7 Å². The monoisotopic (exact) mass is 344 g/mol. The molecule has 1 amide bonds. The van der Waals surface area contributed by atoms with Crippen molar-refractivity contribution in [2.45, 2.75) is 20.3 Å². The van der Waals surface area contributed by atoms with Gasteiger partial charge in [-0.2, -0.15) is 5.10 Å². The molecule has 8 heteroatoms. The molecule has 8 nitrogen and oxygen atoms in total. The lowest BCUT2D eigenvalue weighted by atomic mass is 10.1. The highest BCUT2D eigenvalue weighted by Gasteiger charge is 2.08. The molecule has 0 saturated carbocycles. The van der Waals surface area contributed by atoms with Crippen molar-refractivity contribution in [1.82, 2.24) is 5.43 Å². The van der Waals surface area contributed by atoms with Crippen LogP contribution in [0.25, 0.3) is 0 Å². The lowest BCUT2D eigenvalue weighted by Crippen LogP contribution is -2.21. The smallest absolute Gasteiger partial charge is 0.269 e. The third kappa shape index (κ3) is 5.17. The number of hydrogen-bond acceptors (Lipinski definition) is 6. The molecule has 0 aliphatic carbocycles. The minimum atomic E-state index is -0.482. The molecule has 0 spiro atoms. The van der Waals surface area contributed by atoms with Crippen LogP contribution in [-0.2, 0) is 11.2 Å². The third-order valence-electron chi connectivity index (χ3n) is 3.58. The van der Waals surface area contributed by atoms with Gasteiger partial charge in [-0.25, -0.2) is 5.43 Å². The van der Waals surface area contributed by atoms with E-state index in [1.165, 1.54) is 18.3 Å². The van der Waals surface area contributed by atoms with E-state index >= 15 is 0 Å². The minimum Gasteiger partial charge on any atom is -0.440 e. The number of hydrazone groups is 1. The number of anilines is 1. The fourth-order valence-corrected chi connectivity index (χ4v) is 2.25. The number of benzene rings is 1. The van der Waals surface area contributed by atoms with E-state index in [2.05, 4.69) is 15.4 Å². The Balaban J connectivity index is 1.87. The van der Waals surface area contributed by atoms with Crippen LogP contribution in [0.5, 0.6) is 0 Å². The Morgan fingerprint density at radius 2 is 1.92 bits per heavy atom. The van der Waals surface area contributed by atoms with Crippen molar-refractivity contribution in [3.8, 4) is 0 Å². The SMILES string of the molecule is CCN(CC)c1ccc(/C=N/NC(=O)Cc2ccc([N+](=O)[O-])cc2)o1. The topological polar surface area (TPSA) is 101 Å². The Hall–Kier alpha value is -3.16. The highest BCUT2D eigenvalue weighted by atomic mass is 16.6. The molecule has 1 heterocycles. The first-order valence-corrected chi connectivity index (χ1v) is 7.93. The average molecular weight is 344 g/mol.